The van der Waals surface area contributed by atoms with Gasteiger partial charge in [0.2, 0.25) is 0 Å². The number of pyridine rings is 1. The van der Waals surface area contributed by atoms with E-state index in [4.69, 9.17) is 28.0 Å². The lowest BCUT2D eigenvalue weighted by molar-refractivity contribution is 0.296. The molecule has 5 rings (SSSR count). The fourth-order valence-corrected chi connectivity index (χ4v) is 3.44. The van der Waals surface area contributed by atoms with Gasteiger partial charge in [-0.1, -0.05) is 23.7 Å². The average molecular weight is 430 g/mol. The van der Waals surface area contributed by atoms with Crippen molar-refractivity contribution in [2.45, 2.75) is 6.61 Å². The number of methoxy groups -OCH3 is 1. The molecule has 0 fully saturated rings. The summed E-state index contributed by atoms with van der Waals surface area (Å²) in [6.07, 6.45) is 1.69. The van der Waals surface area contributed by atoms with Gasteiger partial charge in [-0.3, -0.25) is 4.98 Å². The van der Waals surface area contributed by atoms with Crippen molar-refractivity contribution in [3.05, 3.63) is 84.1 Å². The first kappa shape index (κ1) is 19.3. The second-order valence-corrected chi connectivity index (χ2v) is 7.23. The topological polar surface area (TPSA) is 74.4 Å². The van der Waals surface area contributed by atoms with Crippen LogP contribution in [-0.4, -0.2) is 31.9 Å². The molecule has 3 heterocycles. The predicted octanol–water partition coefficient (Wildman–Crippen LogP) is 4.64. The van der Waals surface area contributed by atoms with Crippen LogP contribution < -0.4 is 9.47 Å². The minimum Gasteiger partial charge on any atom is -0.497 e. The summed E-state index contributed by atoms with van der Waals surface area (Å²) < 4.78 is 13.0. The highest BCUT2D eigenvalue weighted by molar-refractivity contribution is 6.31. The van der Waals surface area contributed by atoms with Crippen LogP contribution in [0.3, 0.4) is 0 Å². The zero-order valence-corrected chi connectivity index (χ0v) is 17.2. The Hall–Kier alpha value is -3.71. The van der Waals surface area contributed by atoms with Crippen LogP contribution in [-0.2, 0) is 6.61 Å². The lowest BCUT2D eigenvalue weighted by Gasteiger charge is -2.09. The maximum Gasteiger partial charge on any atom is 0.192 e. The molecule has 0 bridgehead atoms. The minimum absolute atomic E-state index is 0.186. The molecule has 0 atom stereocenters. The number of benzene rings is 2. The molecule has 0 aliphatic heterocycles. The molecule has 0 saturated carbocycles. The molecule has 0 N–H and O–H groups in total. The van der Waals surface area contributed by atoms with E-state index in [2.05, 4.69) is 20.3 Å². The molecule has 8 heteroatoms. The Kier molecular flexibility index (Phi) is 4.88. The Bertz CT molecular complexity index is 1420. The Morgan fingerprint density at radius 3 is 2.77 bits per heavy atom. The number of aromatic nitrogens is 5. The van der Waals surface area contributed by atoms with Crippen LogP contribution in [0.4, 0.5) is 0 Å². The van der Waals surface area contributed by atoms with Crippen molar-refractivity contribution < 1.29 is 9.47 Å². The van der Waals surface area contributed by atoms with Crippen molar-refractivity contribution >= 4 is 28.2 Å². The van der Waals surface area contributed by atoms with E-state index in [-0.39, 0.29) is 6.61 Å². The van der Waals surface area contributed by atoms with Gasteiger partial charge in [0.1, 0.15) is 18.1 Å². The first-order valence-electron chi connectivity index (χ1n) is 9.44. The molecule has 5 aromatic rings. The summed E-state index contributed by atoms with van der Waals surface area (Å²) in [6, 6.07) is 16.6. The molecule has 3 aromatic heterocycles. The molecule has 2 aromatic carbocycles. The molecule has 152 valence electrons. The van der Waals surface area contributed by atoms with Crippen LogP contribution in [0.5, 0.6) is 11.5 Å². The molecule has 0 amide bonds. The van der Waals surface area contributed by atoms with E-state index in [1.54, 1.807) is 30.0 Å². The van der Waals surface area contributed by atoms with Gasteiger partial charge in [0, 0.05) is 35.2 Å². The van der Waals surface area contributed by atoms with E-state index in [1.165, 1.54) is 0 Å². The molecule has 7 nitrogen and oxygen atoms in total. The third-order valence-electron chi connectivity index (χ3n) is 4.89. The summed E-state index contributed by atoms with van der Waals surface area (Å²) in [7, 11) is 1.62. The van der Waals surface area contributed by atoms with E-state index in [0.717, 1.165) is 27.9 Å². The second-order valence-electron chi connectivity index (χ2n) is 6.82. The molecule has 31 heavy (non-hydrogen) atoms. The number of rotatable bonds is 5. The second kappa shape index (κ2) is 7.85. The van der Waals surface area contributed by atoms with Crippen molar-refractivity contribution in [2.24, 2.45) is 0 Å². The van der Waals surface area contributed by atoms with Gasteiger partial charge in [0.15, 0.2) is 11.5 Å². The standard InChI is InChI=1S/C23H16ClN5O2/c1-14-3-4-15(11-18(14)24)19-7-8-22-26-27-23(29(22)28-19)13-31-21-9-10-25-20-12-16(30-2)5-6-17(20)21/h1,3-12H,13H2,2H3. The van der Waals surface area contributed by atoms with Gasteiger partial charge in [0.05, 0.1) is 18.3 Å². The zero-order chi connectivity index (χ0) is 21.4. The summed E-state index contributed by atoms with van der Waals surface area (Å²) in [5, 5.41) is 14.4. The van der Waals surface area contributed by atoms with E-state index in [0.29, 0.717) is 27.8 Å². The third kappa shape index (κ3) is 3.64. The van der Waals surface area contributed by atoms with Crippen molar-refractivity contribution in [1.29, 1.82) is 0 Å². The van der Waals surface area contributed by atoms with E-state index >= 15 is 0 Å². The molecule has 0 saturated heterocycles. The maximum absolute atomic E-state index is 6.16. The fraction of sp³-hybridized carbons (Fsp3) is 0.0870. The molecule has 0 aliphatic rings. The maximum atomic E-state index is 6.16. The Morgan fingerprint density at radius 2 is 1.94 bits per heavy atom. The minimum atomic E-state index is 0.186. The smallest absolute Gasteiger partial charge is 0.192 e. The lowest BCUT2D eigenvalue weighted by atomic mass is 10.1. The Balaban J connectivity index is 1.46. The van der Waals surface area contributed by atoms with Crippen molar-refractivity contribution in [3.63, 3.8) is 0 Å². The summed E-state index contributed by atoms with van der Waals surface area (Å²) in [5.41, 5.74) is 3.48. The monoisotopic (exact) mass is 429 g/mol. The summed E-state index contributed by atoms with van der Waals surface area (Å²) in [6.45, 7) is 6.00. The van der Waals surface area contributed by atoms with Crippen LogP contribution in [0.25, 0.3) is 27.8 Å². The fourth-order valence-electron chi connectivity index (χ4n) is 3.26. The van der Waals surface area contributed by atoms with Crippen molar-refractivity contribution in [2.75, 3.05) is 7.11 Å². The molecule has 0 aliphatic carbocycles. The van der Waals surface area contributed by atoms with Gasteiger partial charge in [0.25, 0.3) is 0 Å². The van der Waals surface area contributed by atoms with Crippen LogP contribution in [0, 0.1) is 6.92 Å². The Labute approximate surface area is 183 Å². The Morgan fingerprint density at radius 1 is 1.03 bits per heavy atom. The lowest BCUT2D eigenvalue weighted by Crippen LogP contribution is -2.05. The first-order chi connectivity index (χ1) is 15.1. The average Bonchev–Trinajstić information content (AvgIpc) is 3.21. The van der Waals surface area contributed by atoms with Crippen LogP contribution in [0.1, 0.15) is 11.4 Å². The summed E-state index contributed by atoms with van der Waals surface area (Å²) in [5.74, 6) is 1.99. The molecule has 0 unspecified atom stereocenters. The highest BCUT2D eigenvalue weighted by Crippen LogP contribution is 2.28. The largest absolute Gasteiger partial charge is 0.497 e. The molecule has 0 spiro atoms. The van der Waals surface area contributed by atoms with Crippen LogP contribution in [0.2, 0.25) is 5.02 Å². The number of hydrogen-bond acceptors (Lipinski definition) is 6. The van der Waals surface area contributed by atoms with Gasteiger partial charge in [-0.15, -0.1) is 10.2 Å². The highest BCUT2D eigenvalue weighted by atomic mass is 35.5. The van der Waals surface area contributed by atoms with E-state index in [9.17, 15) is 0 Å². The van der Waals surface area contributed by atoms with Gasteiger partial charge in [-0.05, 0) is 42.0 Å². The normalized spacial score (nSPS) is 11.2. The number of hydrogen-bond donors (Lipinski definition) is 0. The zero-order valence-electron chi connectivity index (χ0n) is 16.5. The van der Waals surface area contributed by atoms with Gasteiger partial charge in [-0.25, -0.2) is 0 Å². The summed E-state index contributed by atoms with van der Waals surface area (Å²) >= 11 is 6.16. The van der Waals surface area contributed by atoms with Gasteiger partial charge >= 0.3 is 0 Å². The first-order valence-corrected chi connectivity index (χ1v) is 9.82. The SMILES string of the molecule is [CH]c1ccc(-c2ccc3nnc(COc4ccnc5cc(OC)ccc45)n3n2)cc1Cl. The van der Waals surface area contributed by atoms with Crippen molar-refractivity contribution in [1.82, 2.24) is 24.8 Å². The molecule has 2 radical (unpaired) electrons. The number of fused-ring (bicyclic) bond motifs is 2. The van der Waals surface area contributed by atoms with Crippen LogP contribution >= 0.6 is 11.6 Å². The summed E-state index contributed by atoms with van der Waals surface area (Å²) in [4.78, 5) is 4.38. The van der Waals surface area contributed by atoms with Crippen LogP contribution in [0.15, 0.2) is 60.8 Å². The highest BCUT2D eigenvalue weighted by Gasteiger charge is 2.12. The third-order valence-corrected chi connectivity index (χ3v) is 5.22. The molecular formula is C23H16ClN5O2. The number of halogens is 1. The van der Waals surface area contributed by atoms with E-state index in [1.807, 2.05) is 42.5 Å². The van der Waals surface area contributed by atoms with Crippen molar-refractivity contribution in [3.8, 4) is 22.8 Å². The van der Waals surface area contributed by atoms with Gasteiger partial charge in [-0.2, -0.15) is 9.61 Å². The number of ether oxygens (including phenoxy) is 2. The van der Waals surface area contributed by atoms with Gasteiger partial charge < -0.3 is 9.47 Å². The predicted molar refractivity (Wildman–Crippen MR) is 117 cm³/mol. The number of nitrogens with zero attached hydrogens (tertiary/aromatic N) is 5. The van der Waals surface area contributed by atoms with E-state index < -0.39 is 0 Å². The molecular weight excluding hydrogens is 414 g/mol. The quantitative estimate of drug-likeness (QED) is 0.405.